The van der Waals surface area contributed by atoms with E-state index in [9.17, 15) is 0 Å². The summed E-state index contributed by atoms with van der Waals surface area (Å²) in [4.78, 5) is 0. The summed E-state index contributed by atoms with van der Waals surface area (Å²) < 4.78 is 76.5. The van der Waals surface area contributed by atoms with E-state index >= 15 is 0 Å². The van der Waals surface area contributed by atoms with Crippen molar-refractivity contribution in [1.82, 2.24) is 0 Å². The maximum atomic E-state index is 7.41. The summed E-state index contributed by atoms with van der Waals surface area (Å²) >= 11 is 0. The van der Waals surface area contributed by atoms with E-state index in [2.05, 4.69) is 117 Å². The molecule has 12 nitrogen and oxygen atoms in total. The molecule has 4 aliphatic heterocycles. The van der Waals surface area contributed by atoms with Gasteiger partial charge in [0, 0.05) is 0 Å². The van der Waals surface area contributed by atoms with E-state index in [1.807, 2.05) is 0 Å². The van der Waals surface area contributed by atoms with Crippen molar-refractivity contribution in [3.63, 3.8) is 0 Å². The smallest absolute Gasteiger partial charge is 0.399 e. The van der Waals surface area contributed by atoms with Gasteiger partial charge in [-0.25, -0.2) is 0 Å². The van der Waals surface area contributed by atoms with Gasteiger partial charge in [0.25, 0.3) is 0 Å². The molecule has 408 valence electrons. The molecule has 4 saturated carbocycles. The van der Waals surface area contributed by atoms with Gasteiger partial charge in [0.05, 0.1) is 48.8 Å². The van der Waals surface area contributed by atoms with Crippen LogP contribution in [0.1, 0.15) is 96.3 Å². The molecular weight excluding hydrogens is 1050 g/mol. The van der Waals surface area contributed by atoms with Crippen LogP contribution in [0.5, 0.6) is 0 Å². The zero-order valence-electron chi connectivity index (χ0n) is 47.2. The Labute approximate surface area is 441 Å². The molecule has 8 rings (SSSR count). The average Bonchev–Trinajstić information content (AvgIpc) is 4.03. The van der Waals surface area contributed by atoms with Crippen molar-refractivity contribution >= 4 is 88.2 Å². The lowest BCUT2D eigenvalue weighted by Crippen LogP contribution is -2.65. The van der Waals surface area contributed by atoms with E-state index in [1.54, 1.807) is 0 Å². The summed E-state index contributed by atoms with van der Waals surface area (Å²) in [5.41, 5.74) is 0. The minimum Gasteiger partial charge on any atom is -0.399 e. The van der Waals surface area contributed by atoms with Crippen molar-refractivity contribution in [1.29, 1.82) is 0 Å². The molecule has 22 heteroatoms. The van der Waals surface area contributed by atoms with Crippen LogP contribution in [0, 0.1) is 23.7 Å². The minimum absolute atomic E-state index is 0.538. The number of epoxide rings is 4. The molecule has 4 aliphatic carbocycles. The Balaban J connectivity index is 0.000000252. The van der Waals surface area contributed by atoms with Crippen LogP contribution < -0.4 is 0 Å². The number of allylic oxidation sites excluding steroid dienone is 1. The largest absolute Gasteiger partial charge is 0.636 e. The zero-order valence-corrected chi connectivity index (χ0v) is 58.0. The molecule has 0 aromatic carbocycles. The standard InChI is InChI=1S/C32H64O7Si5.C8H28O4Si5.C8H12O/c1-40(2)36-44(37-41(3,4)18-15-24-9-12-27-30(21-24)33-27,38-42(5,6)19-16-25-10-13-28-31(22-25)34-28)39-43(7,8)20-17-26-11-14-29-32(23-26)35-29;1-13(2)9-17(10-14(3)4,11-15(5)6)12-16(7)8;1-2-6-3-4-7-8(5-6)9-7/h24-32,40H,9-23H2,1-8H3;13-16H,1-8H3;2,6-8H,1,3-5H2. The Morgan fingerprint density at radius 1 is 0.386 bits per heavy atom. The summed E-state index contributed by atoms with van der Waals surface area (Å²) in [6, 6.07) is 3.41. The normalized spacial score (nSPS) is 33.3. The topological polar surface area (TPSA) is 124 Å². The molecule has 0 radical (unpaired) electrons. The molecule has 0 bridgehead atoms. The van der Waals surface area contributed by atoms with Gasteiger partial charge in [-0.1, -0.05) is 25.3 Å². The Kier molecular flexibility index (Phi) is 22.9. The number of rotatable bonds is 26. The molecule has 0 amide bonds. The lowest BCUT2D eigenvalue weighted by Gasteiger charge is -2.44. The summed E-state index contributed by atoms with van der Waals surface area (Å²) in [6.07, 6.45) is 25.5. The third kappa shape index (κ3) is 21.0. The monoisotopic (exact) mass is 1150 g/mol. The Morgan fingerprint density at radius 3 is 0.914 bits per heavy atom. The quantitative estimate of drug-likeness (QED) is 0.0465. The van der Waals surface area contributed by atoms with Crippen LogP contribution in [-0.2, 0) is 51.9 Å². The van der Waals surface area contributed by atoms with Gasteiger partial charge in [-0.05, 0) is 224 Å². The molecule has 0 aromatic rings. The maximum absolute atomic E-state index is 7.41. The number of ether oxygens (including phenoxy) is 4. The fourth-order valence-electron chi connectivity index (χ4n) is 11.5. The zero-order chi connectivity index (χ0) is 51.2. The van der Waals surface area contributed by atoms with Gasteiger partial charge >= 0.3 is 18.1 Å². The second-order valence-corrected chi connectivity index (χ2v) is 57.4. The van der Waals surface area contributed by atoms with Crippen LogP contribution in [0.4, 0.5) is 0 Å². The average molecular weight is 1150 g/mol. The SMILES string of the molecule is C=CC1CCC2OC2C1.C[SiH](C)O[Si](O[SiH](C)C)(O[SiH](C)C)O[SiH](C)C.C[SiH](C)O[Si](O[Si](C)(C)CCC1CCC2OC2C1)(O[Si](C)(C)CCC1CCC2OC2C1)O[Si](C)(C)CCC1CCC2OC2C1. The molecule has 0 N–H and O–H groups in total. The van der Waals surface area contributed by atoms with Crippen molar-refractivity contribution in [3.8, 4) is 0 Å². The van der Waals surface area contributed by atoms with Gasteiger partial charge in [-0.3, -0.25) is 0 Å². The van der Waals surface area contributed by atoms with Crippen LogP contribution in [-0.4, -0.2) is 137 Å². The van der Waals surface area contributed by atoms with Gasteiger partial charge in [-0.2, -0.15) is 0 Å². The lowest BCUT2D eigenvalue weighted by molar-refractivity contribution is 0.148. The number of fused-ring (bicyclic) bond motifs is 4. The van der Waals surface area contributed by atoms with Crippen LogP contribution in [0.15, 0.2) is 12.7 Å². The first-order valence-electron chi connectivity index (χ1n) is 28.5. The molecule has 8 fully saturated rings. The fraction of sp³-hybridized carbons (Fsp3) is 0.958. The van der Waals surface area contributed by atoms with Crippen molar-refractivity contribution in [2.75, 3.05) is 0 Å². The highest BCUT2D eigenvalue weighted by Gasteiger charge is 2.57. The van der Waals surface area contributed by atoms with Gasteiger partial charge in [0.1, 0.15) is 0 Å². The molecule has 4 saturated heterocycles. The van der Waals surface area contributed by atoms with Crippen molar-refractivity contribution in [3.05, 3.63) is 12.7 Å². The first-order chi connectivity index (χ1) is 32.7. The predicted molar refractivity (Wildman–Crippen MR) is 309 cm³/mol. The third-order valence-electron chi connectivity index (χ3n) is 15.3. The van der Waals surface area contributed by atoms with E-state index in [4.69, 9.17) is 51.9 Å². The molecular formula is C48H104O12Si10. The van der Waals surface area contributed by atoms with E-state index in [-0.39, 0.29) is 0 Å². The molecule has 12 atom stereocenters. The van der Waals surface area contributed by atoms with E-state index in [1.165, 1.54) is 96.3 Å². The Bertz CT molecular complexity index is 1460. The molecule has 8 aliphatic rings. The van der Waals surface area contributed by atoms with E-state index < -0.39 is 88.2 Å². The van der Waals surface area contributed by atoms with Crippen molar-refractivity contribution in [2.24, 2.45) is 23.7 Å². The first kappa shape index (κ1) is 60.7. The van der Waals surface area contributed by atoms with Crippen LogP contribution in [0.3, 0.4) is 0 Å². The summed E-state index contributed by atoms with van der Waals surface area (Å²) in [7, 11) is -19.0. The number of hydrogen-bond acceptors (Lipinski definition) is 12. The molecule has 4 heterocycles. The highest BCUT2D eigenvalue weighted by atomic mass is 28.5. The Morgan fingerprint density at radius 2 is 0.657 bits per heavy atom. The van der Waals surface area contributed by atoms with Crippen LogP contribution in [0.25, 0.3) is 0 Å². The van der Waals surface area contributed by atoms with Crippen molar-refractivity contribution in [2.45, 2.75) is 268 Å². The molecule has 70 heavy (non-hydrogen) atoms. The fourth-order valence-corrected chi connectivity index (χ4v) is 43.5. The van der Waals surface area contributed by atoms with Gasteiger partial charge in [0.2, 0.25) is 0 Å². The maximum Gasteiger partial charge on any atom is 0.636 e. The second kappa shape index (κ2) is 26.4. The first-order valence-corrected chi connectivity index (χ1v) is 55.0. The highest BCUT2D eigenvalue weighted by molar-refractivity contribution is 6.90. The molecule has 0 spiro atoms. The van der Waals surface area contributed by atoms with Gasteiger partial charge in [-0.15, -0.1) is 6.58 Å². The Hall–Kier alpha value is 1.43. The summed E-state index contributed by atoms with van der Waals surface area (Å²) in [5, 5.41) is 0. The third-order valence-corrected chi connectivity index (χ3v) is 44.6. The van der Waals surface area contributed by atoms with E-state index in [0.717, 1.165) is 41.8 Å². The summed E-state index contributed by atoms with van der Waals surface area (Å²) in [5.74, 6) is 3.04. The van der Waals surface area contributed by atoms with Crippen LogP contribution in [0.2, 0.25) is 123 Å². The van der Waals surface area contributed by atoms with Gasteiger partial charge in [0.15, 0.2) is 70.2 Å². The highest BCUT2D eigenvalue weighted by Crippen LogP contribution is 2.45. The van der Waals surface area contributed by atoms with E-state index in [0.29, 0.717) is 48.8 Å². The lowest BCUT2D eigenvalue weighted by atomic mass is 9.88. The molecule has 12 unspecified atom stereocenters. The van der Waals surface area contributed by atoms with Gasteiger partial charge < -0.3 is 51.9 Å². The minimum atomic E-state index is -3.37. The van der Waals surface area contributed by atoms with Crippen molar-refractivity contribution < 1.29 is 51.9 Å². The second-order valence-electron chi connectivity index (χ2n) is 25.7. The summed E-state index contributed by atoms with van der Waals surface area (Å²) in [6.45, 7) is 39.9. The number of hydrogen-bond donors (Lipinski definition) is 0. The van der Waals surface area contributed by atoms with Crippen LogP contribution >= 0.6 is 0 Å². The molecule has 0 aromatic heterocycles. The predicted octanol–water partition coefficient (Wildman–Crippen LogP) is 11.1.